The Bertz CT molecular complexity index is 1550. The van der Waals surface area contributed by atoms with Crippen molar-refractivity contribution in [2.45, 2.75) is 20.4 Å². The second-order valence-corrected chi connectivity index (χ2v) is 8.04. The van der Waals surface area contributed by atoms with E-state index in [4.69, 9.17) is 4.42 Å². The molecule has 5 aromatic rings. The number of anilines is 1. The monoisotopic (exact) mass is 450 g/mol. The molecule has 7 nitrogen and oxygen atoms in total. The maximum absolute atomic E-state index is 13.3. The highest BCUT2D eigenvalue weighted by molar-refractivity contribution is 6.11. The number of amides is 1. The van der Waals surface area contributed by atoms with Gasteiger partial charge >= 0.3 is 0 Å². The summed E-state index contributed by atoms with van der Waals surface area (Å²) < 4.78 is 7.05. The number of carbonyl (C=O) groups excluding carboxylic acids is 1. The molecule has 2 aromatic heterocycles. The highest BCUT2D eigenvalue weighted by Crippen LogP contribution is 2.24. The van der Waals surface area contributed by atoms with Crippen LogP contribution in [0.3, 0.4) is 0 Å². The maximum Gasteiger partial charge on any atom is 0.276 e. The number of fused-ring (bicyclic) bond motifs is 1. The standard InChI is InChI=1S/C27H22N4O3/c1-17-18(2)34-26(28-17)20-11-8-12-21(15-20)29-25(32)24-22-13-6-7-14-23(22)27(33)31(30-24)16-19-9-4-3-5-10-19/h3-15H,16H2,1-2H3,(H,29,32). The fourth-order valence-corrected chi connectivity index (χ4v) is 3.78. The quantitative estimate of drug-likeness (QED) is 0.408. The summed E-state index contributed by atoms with van der Waals surface area (Å²) in [7, 11) is 0. The Balaban J connectivity index is 1.51. The second-order valence-electron chi connectivity index (χ2n) is 8.04. The SMILES string of the molecule is Cc1nc(-c2cccc(NC(=O)c3nn(Cc4ccccc4)c(=O)c4ccccc34)c2)oc1C. The van der Waals surface area contributed by atoms with Crippen LogP contribution in [0.15, 0.2) is 88.1 Å². The number of rotatable bonds is 5. The molecule has 0 saturated carbocycles. The molecular formula is C27H22N4O3. The number of aromatic nitrogens is 3. The third-order valence-electron chi connectivity index (χ3n) is 5.65. The molecule has 1 amide bonds. The van der Waals surface area contributed by atoms with E-state index in [0.29, 0.717) is 22.4 Å². The molecule has 0 aliphatic heterocycles. The van der Waals surface area contributed by atoms with Crippen molar-refractivity contribution in [3.8, 4) is 11.5 Å². The molecule has 2 heterocycles. The molecule has 0 fully saturated rings. The van der Waals surface area contributed by atoms with Gasteiger partial charge in [-0.2, -0.15) is 5.10 Å². The topological polar surface area (TPSA) is 90.0 Å². The van der Waals surface area contributed by atoms with Crippen LogP contribution in [0.2, 0.25) is 0 Å². The van der Waals surface area contributed by atoms with Crippen molar-refractivity contribution in [3.05, 3.63) is 112 Å². The Morgan fingerprint density at radius 1 is 0.941 bits per heavy atom. The van der Waals surface area contributed by atoms with E-state index in [1.54, 1.807) is 36.4 Å². The van der Waals surface area contributed by atoms with E-state index in [9.17, 15) is 9.59 Å². The van der Waals surface area contributed by atoms with Gasteiger partial charge in [0.25, 0.3) is 11.5 Å². The minimum absolute atomic E-state index is 0.180. The van der Waals surface area contributed by atoms with Gasteiger partial charge < -0.3 is 9.73 Å². The third kappa shape index (κ3) is 4.11. The van der Waals surface area contributed by atoms with Crippen molar-refractivity contribution in [1.82, 2.24) is 14.8 Å². The van der Waals surface area contributed by atoms with Crippen LogP contribution in [0.4, 0.5) is 5.69 Å². The summed E-state index contributed by atoms with van der Waals surface area (Å²) in [5, 5.41) is 8.30. The predicted octanol–water partition coefficient (Wildman–Crippen LogP) is 4.97. The normalized spacial score (nSPS) is 11.0. The number of benzene rings is 3. The van der Waals surface area contributed by atoms with Crippen molar-refractivity contribution in [3.63, 3.8) is 0 Å². The first-order chi connectivity index (χ1) is 16.5. The van der Waals surface area contributed by atoms with E-state index < -0.39 is 5.91 Å². The first kappa shape index (κ1) is 21.3. The summed E-state index contributed by atoms with van der Waals surface area (Å²) >= 11 is 0. The van der Waals surface area contributed by atoms with E-state index in [1.165, 1.54) is 4.68 Å². The van der Waals surface area contributed by atoms with Crippen LogP contribution < -0.4 is 10.9 Å². The minimum Gasteiger partial charge on any atom is -0.441 e. The molecule has 0 spiro atoms. The lowest BCUT2D eigenvalue weighted by atomic mass is 10.1. The van der Waals surface area contributed by atoms with Gasteiger partial charge in [0.05, 0.1) is 17.6 Å². The van der Waals surface area contributed by atoms with Crippen LogP contribution >= 0.6 is 0 Å². The van der Waals surface area contributed by atoms with Crippen LogP contribution in [-0.4, -0.2) is 20.7 Å². The molecule has 34 heavy (non-hydrogen) atoms. The molecule has 168 valence electrons. The first-order valence-electron chi connectivity index (χ1n) is 10.9. The number of nitrogens with one attached hydrogen (secondary N) is 1. The fourth-order valence-electron chi connectivity index (χ4n) is 3.78. The Labute approximate surface area is 195 Å². The number of hydrogen-bond donors (Lipinski definition) is 1. The van der Waals surface area contributed by atoms with Gasteiger partial charge in [0.15, 0.2) is 5.69 Å². The van der Waals surface area contributed by atoms with Crippen LogP contribution in [0.1, 0.15) is 27.5 Å². The largest absolute Gasteiger partial charge is 0.441 e. The summed E-state index contributed by atoms with van der Waals surface area (Å²) in [6, 6.07) is 23.8. The number of oxazole rings is 1. The summed E-state index contributed by atoms with van der Waals surface area (Å²) in [6.07, 6.45) is 0. The van der Waals surface area contributed by atoms with Gasteiger partial charge in [-0.05, 0) is 43.7 Å². The van der Waals surface area contributed by atoms with E-state index in [2.05, 4.69) is 15.4 Å². The molecule has 1 N–H and O–H groups in total. The highest BCUT2D eigenvalue weighted by atomic mass is 16.4. The summed E-state index contributed by atoms with van der Waals surface area (Å²) in [6.45, 7) is 4.01. The summed E-state index contributed by atoms with van der Waals surface area (Å²) in [5.74, 6) is 0.835. The average molecular weight is 450 g/mol. The van der Waals surface area contributed by atoms with Gasteiger partial charge in [0.2, 0.25) is 5.89 Å². The van der Waals surface area contributed by atoms with Crippen molar-refractivity contribution in [2.75, 3.05) is 5.32 Å². The number of hydrogen-bond acceptors (Lipinski definition) is 5. The molecule has 0 bridgehead atoms. The molecule has 0 saturated heterocycles. The number of aryl methyl sites for hydroxylation is 2. The van der Waals surface area contributed by atoms with Gasteiger partial charge in [-0.25, -0.2) is 9.67 Å². The zero-order valence-electron chi connectivity index (χ0n) is 18.8. The number of carbonyl (C=O) groups is 1. The third-order valence-corrected chi connectivity index (χ3v) is 5.65. The smallest absolute Gasteiger partial charge is 0.276 e. The van der Waals surface area contributed by atoms with E-state index >= 15 is 0 Å². The zero-order chi connectivity index (χ0) is 23.7. The maximum atomic E-state index is 13.3. The second kappa shape index (κ2) is 8.78. The Hall–Kier alpha value is -4.52. The molecule has 0 radical (unpaired) electrons. The molecular weight excluding hydrogens is 428 g/mol. The van der Waals surface area contributed by atoms with Crippen molar-refractivity contribution >= 4 is 22.4 Å². The highest BCUT2D eigenvalue weighted by Gasteiger charge is 2.18. The van der Waals surface area contributed by atoms with Gasteiger partial charge in [-0.15, -0.1) is 0 Å². The molecule has 7 heteroatoms. The Morgan fingerprint density at radius 2 is 1.68 bits per heavy atom. The summed E-state index contributed by atoms with van der Waals surface area (Å²) in [5.41, 5.74) is 3.00. The van der Waals surface area contributed by atoms with Gasteiger partial charge in [0, 0.05) is 16.6 Å². The minimum atomic E-state index is -0.407. The van der Waals surface area contributed by atoms with Crippen LogP contribution in [0, 0.1) is 13.8 Å². The lowest BCUT2D eigenvalue weighted by Crippen LogP contribution is -2.28. The average Bonchev–Trinajstić information content (AvgIpc) is 3.20. The zero-order valence-corrected chi connectivity index (χ0v) is 18.8. The molecule has 0 aliphatic rings. The van der Waals surface area contributed by atoms with Crippen LogP contribution in [0.5, 0.6) is 0 Å². The van der Waals surface area contributed by atoms with E-state index in [1.807, 2.05) is 56.3 Å². The fraction of sp³-hybridized carbons (Fsp3) is 0.111. The molecule has 0 aliphatic carbocycles. The lowest BCUT2D eigenvalue weighted by molar-refractivity contribution is 0.102. The van der Waals surface area contributed by atoms with Gasteiger partial charge in [0.1, 0.15) is 5.76 Å². The number of nitrogens with zero attached hydrogens (tertiary/aromatic N) is 3. The molecule has 5 rings (SSSR count). The Kier molecular flexibility index (Phi) is 5.51. The molecule has 0 unspecified atom stereocenters. The predicted molar refractivity (Wildman–Crippen MR) is 131 cm³/mol. The van der Waals surface area contributed by atoms with Crippen molar-refractivity contribution in [1.29, 1.82) is 0 Å². The van der Waals surface area contributed by atoms with Crippen molar-refractivity contribution < 1.29 is 9.21 Å². The first-order valence-corrected chi connectivity index (χ1v) is 10.9. The molecule has 0 atom stereocenters. The summed E-state index contributed by atoms with van der Waals surface area (Å²) in [4.78, 5) is 30.8. The van der Waals surface area contributed by atoms with Crippen LogP contribution in [0.25, 0.3) is 22.2 Å². The Morgan fingerprint density at radius 3 is 2.41 bits per heavy atom. The van der Waals surface area contributed by atoms with Gasteiger partial charge in [-0.1, -0.05) is 54.6 Å². The van der Waals surface area contributed by atoms with Gasteiger partial charge in [-0.3, -0.25) is 9.59 Å². The van der Waals surface area contributed by atoms with E-state index in [0.717, 1.165) is 22.6 Å². The molecule has 3 aromatic carbocycles. The lowest BCUT2D eigenvalue weighted by Gasteiger charge is -2.12. The van der Waals surface area contributed by atoms with E-state index in [-0.39, 0.29) is 17.8 Å². The van der Waals surface area contributed by atoms with Crippen LogP contribution in [-0.2, 0) is 6.54 Å². The van der Waals surface area contributed by atoms with Crippen molar-refractivity contribution in [2.24, 2.45) is 0 Å².